The summed E-state index contributed by atoms with van der Waals surface area (Å²) >= 11 is 0. The molecule has 0 bridgehead atoms. The molecule has 1 aromatic rings. The van der Waals surface area contributed by atoms with E-state index in [0.29, 0.717) is 12.0 Å². The van der Waals surface area contributed by atoms with Crippen molar-refractivity contribution in [2.45, 2.75) is 33.7 Å². The molecule has 2 nitrogen and oxygen atoms in total. The number of nitrogens with zero attached hydrogens (tertiary/aromatic N) is 1. The van der Waals surface area contributed by atoms with Crippen molar-refractivity contribution < 1.29 is 0 Å². The molecule has 0 amide bonds. The van der Waals surface area contributed by atoms with Crippen molar-refractivity contribution in [1.82, 2.24) is 5.32 Å². The Balaban J connectivity index is 2.67. The lowest BCUT2D eigenvalue weighted by Crippen LogP contribution is -2.22. The van der Waals surface area contributed by atoms with E-state index in [4.69, 9.17) is 0 Å². The maximum Gasteiger partial charge on any atom is 0.0363 e. The lowest BCUT2D eigenvalue weighted by Gasteiger charge is -2.22. The number of benzene rings is 1. The second kappa shape index (κ2) is 6.65. The molecule has 17 heavy (non-hydrogen) atoms. The summed E-state index contributed by atoms with van der Waals surface area (Å²) in [7, 11) is 2.16. The Labute approximate surface area is 106 Å². The quantitative estimate of drug-likeness (QED) is 0.811. The predicted octanol–water partition coefficient (Wildman–Crippen LogP) is 3.45. The number of anilines is 1. The van der Waals surface area contributed by atoms with Crippen LogP contribution in [0.2, 0.25) is 0 Å². The molecule has 0 aliphatic rings. The van der Waals surface area contributed by atoms with Gasteiger partial charge in [-0.15, -0.1) is 0 Å². The van der Waals surface area contributed by atoms with Crippen LogP contribution in [0.4, 0.5) is 5.69 Å². The van der Waals surface area contributed by atoms with Crippen LogP contribution in [0.15, 0.2) is 24.3 Å². The molecule has 1 atom stereocenters. The molecule has 0 fully saturated rings. The van der Waals surface area contributed by atoms with E-state index in [0.717, 1.165) is 13.1 Å². The van der Waals surface area contributed by atoms with Gasteiger partial charge in [-0.2, -0.15) is 0 Å². The van der Waals surface area contributed by atoms with Crippen molar-refractivity contribution in [3.63, 3.8) is 0 Å². The van der Waals surface area contributed by atoms with Gasteiger partial charge in [0.25, 0.3) is 0 Å². The highest BCUT2D eigenvalue weighted by molar-refractivity contribution is 5.47. The molecular weight excluding hydrogens is 208 g/mol. The summed E-state index contributed by atoms with van der Waals surface area (Å²) in [5, 5.41) is 3.43. The third-order valence-electron chi connectivity index (χ3n) is 2.98. The molecule has 0 aliphatic heterocycles. The second-order valence-electron chi connectivity index (χ2n) is 5.15. The fourth-order valence-electron chi connectivity index (χ4n) is 2.09. The van der Waals surface area contributed by atoms with Crippen molar-refractivity contribution in [3.05, 3.63) is 29.8 Å². The van der Waals surface area contributed by atoms with Gasteiger partial charge < -0.3 is 10.2 Å². The first kappa shape index (κ1) is 14.0. The molecule has 1 unspecified atom stereocenters. The molecular formula is C15H26N2. The van der Waals surface area contributed by atoms with Crippen molar-refractivity contribution in [2.75, 3.05) is 25.0 Å². The van der Waals surface area contributed by atoms with Crippen molar-refractivity contribution >= 4 is 5.69 Å². The molecule has 0 radical (unpaired) electrons. The van der Waals surface area contributed by atoms with Gasteiger partial charge in [0.1, 0.15) is 0 Å². The fourth-order valence-corrected chi connectivity index (χ4v) is 2.09. The Bertz CT molecular complexity index is 316. The average molecular weight is 234 g/mol. The number of hydrogen-bond donors (Lipinski definition) is 1. The van der Waals surface area contributed by atoms with Gasteiger partial charge in [0, 0.05) is 25.3 Å². The fraction of sp³-hybridized carbons (Fsp3) is 0.600. The zero-order valence-corrected chi connectivity index (χ0v) is 11.8. The van der Waals surface area contributed by atoms with Gasteiger partial charge in [0.05, 0.1) is 0 Å². The Kier molecular flexibility index (Phi) is 5.49. The Morgan fingerprint density at radius 1 is 1.12 bits per heavy atom. The largest absolute Gasteiger partial charge is 0.374 e. The number of hydrogen-bond acceptors (Lipinski definition) is 2. The molecule has 0 saturated heterocycles. The normalized spacial score (nSPS) is 12.8. The summed E-state index contributed by atoms with van der Waals surface area (Å²) in [5.41, 5.74) is 2.65. The van der Waals surface area contributed by atoms with Crippen LogP contribution in [0, 0.1) is 5.92 Å². The average Bonchev–Trinajstić information content (AvgIpc) is 2.28. The van der Waals surface area contributed by atoms with Crippen molar-refractivity contribution in [2.24, 2.45) is 5.92 Å². The third kappa shape index (κ3) is 4.39. The molecule has 0 saturated carbocycles. The van der Waals surface area contributed by atoms with Gasteiger partial charge >= 0.3 is 0 Å². The first-order valence-electron chi connectivity index (χ1n) is 6.59. The number of nitrogens with one attached hydrogen (secondary N) is 1. The molecule has 0 aliphatic carbocycles. The minimum Gasteiger partial charge on any atom is -0.374 e. The standard InChI is InChI=1S/C15H26N2/c1-6-16-13(4)14-7-9-15(10-8-14)17(5)11-12(2)3/h7-10,12-13,16H,6,11H2,1-5H3. The van der Waals surface area contributed by atoms with Crippen molar-refractivity contribution in [1.29, 1.82) is 0 Å². The van der Waals surface area contributed by atoms with E-state index in [2.05, 4.69) is 69.2 Å². The van der Waals surface area contributed by atoms with E-state index in [1.165, 1.54) is 11.3 Å². The molecule has 0 spiro atoms. The molecule has 1 N–H and O–H groups in total. The van der Waals surface area contributed by atoms with E-state index in [1.807, 2.05) is 0 Å². The summed E-state index contributed by atoms with van der Waals surface area (Å²) in [5.74, 6) is 0.695. The molecule has 0 aromatic heterocycles. The first-order chi connectivity index (χ1) is 8.04. The van der Waals surface area contributed by atoms with E-state index in [9.17, 15) is 0 Å². The summed E-state index contributed by atoms with van der Waals surface area (Å²) < 4.78 is 0. The van der Waals surface area contributed by atoms with Gasteiger partial charge in [0.2, 0.25) is 0 Å². The van der Waals surface area contributed by atoms with Crippen LogP contribution >= 0.6 is 0 Å². The maximum absolute atomic E-state index is 3.43. The van der Waals surface area contributed by atoms with Crippen LogP contribution in [-0.2, 0) is 0 Å². The van der Waals surface area contributed by atoms with Crippen LogP contribution in [0.1, 0.15) is 39.3 Å². The topological polar surface area (TPSA) is 15.3 Å². The van der Waals surface area contributed by atoms with Gasteiger partial charge in [0.15, 0.2) is 0 Å². The van der Waals surface area contributed by atoms with E-state index >= 15 is 0 Å². The van der Waals surface area contributed by atoms with Crippen LogP contribution in [0.5, 0.6) is 0 Å². The highest BCUT2D eigenvalue weighted by Crippen LogP contribution is 2.18. The lowest BCUT2D eigenvalue weighted by molar-refractivity contribution is 0.598. The molecule has 0 heterocycles. The highest BCUT2D eigenvalue weighted by Gasteiger charge is 2.06. The summed E-state index contributed by atoms with van der Waals surface area (Å²) in [6.07, 6.45) is 0. The lowest BCUT2D eigenvalue weighted by atomic mass is 10.1. The molecule has 1 aromatic carbocycles. The second-order valence-corrected chi connectivity index (χ2v) is 5.15. The summed E-state index contributed by atoms with van der Waals surface area (Å²) in [4.78, 5) is 2.31. The first-order valence-corrected chi connectivity index (χ1v) is 6.59. The minimum atomic E-state index is 0.435. The maximum atomic E-state index is 3.43. The Morgan fingerprint density at radius 3 is 2.18 bits per heavy atom. The van der Waals surface area contributed by atoms with Crippen molar-refractivity contribution in [3.8, 4) is 0 Å². The zero-order chi connectivity index (χ0) is 12.8. The highest BCUT2D eigenvalue weighted by atomic mass is 15.1. The van der Waals surface area contributed by atoms with Gasteiger partial charge in [-0.05, 0) is 37.1 Å². The van der Waals surface area contributed by atoms with Crippen LogP contribution in [0.3, 0.4) is 0 Å². The Hall–Kier alpha value is -1.02. The van der Waals surface area contributed by atoms with E-state index < -0.39 is 0 Å². The van der Waals surface area contributed by atoms with Crippen LogP contribution in [0.25, 0.3) is 0 Å². The summed E-state index contributed by atoms with van der Waals surface area (Å²) in [6.45, 7) is 11.0. The van der Waals surface area contributed by atoms with E-state index in [1.54, 1.807) is 0 Å². The predicted molar refractivity (Wildman–Crippen MR) is 76.6 cm³/mol. The van der Waals surface area contributed by atoms with Gasteiger partial charge in [-0.25, -0.2) is 0 Å². The monoisotopic (exact) mass is 234 g/mol. The van der Waals surface area contributed by atoms with Gasteiger partial charge in [-0.3, -0.25) is 0 Å². The SMILES string of the molecule is CCNC(C)c1ccc(N(C)CC(C)C)cc1. The van der Waals surface area contributed by atoms with E-state index in [-0.39, 0.29) is 0 Å². The molecule has 2 heteroatoms. The third-order valence-corrected chi connectivity index (χ3v) is 2.98. The zero-order valence-electron chi connectivity index (χ0n) is 11.8. The molecule has 96 valence electrons. The smallest absolute Gasteiger partial charge is 0.0363 e. The number of rotatable bonds is 6. The van der Waals surface area contributed by atoms with Crippen LogP contribution in [-0.4, -0.2) is 20.1 Å². The van der Waals surface area contributed by atoms with Gasteiger partial charge in [-0.1, -0.05) is 32.9 Å². The molecule has 1 rings (SSSR count). The minimum absolute atomic E-state index is 0.435. The summed E-state index contributed by atoms with van der Waals surface area (Å²) in [6, 6.07) is 9.31. The van der Waals surface area contributed by atoms with Crippen LogP contribution < -0.4 is 10.2 Å². The Morgan fingerprint density at radius 2 is 1.71 bits per heavy atom.